The molecule has 1 heterocycles. The number of carbonyl (C=O) groups excluding carboxylic acids is 1. The van der Waals surface area contributed by atoms with E-state index in [4.69, 9.17) is 0 Å². The van der Waals surface area contributed by atoms with E-state index in [1.807, 2.05) is 41.8 Å². The monoisotopic (exact) mass is 356 g/mol. The Hall–Kier alpha value is -2.67. The van der Waals surface area contributed by atoms with Crippen LogP contribution in [-0.4, -0.2) is 25.9 Å². The molecule has 0 aliphatic carbocycles. The van der Waals surface area contributed by atoms with Crippen LogP contribution in [0.25, 0.3) is 5.69 Å². The van der Waals surface area contributed by atoms with E-state index in [1.54, 1.807) is 18.5 Å². The molecule has 1 unspecified atom stereocenters. The number of thioether (sulfide) groups is 1. The quantitative estimate of drug-likeness (QED) is 0.689. The van der Waals surface area contributed by atoms with Crippen LogP contribution in [0.4, 0.5) is 4.39 Å². The van der Waals surface area contributed by atoms with Crippen LogP contribution in [0.1, 0.15) is 12.5 Å². The molecule has 1 N–H and O–H groups in total. The lowest BCUT2D eigenvalue weighted by atomic mass is 10.2. The molecule has 3 rings (SSSR count). The van der Waals surface area contributed by atoms with Crippen LogP contribution in [0.15, 0.2) is 66.1 Å². The number of hydrogen-bond acceptors (Lipinski definition) is 4. The van der Waals surface area contributed by atoms with Gasteiger partial charge in [-0.1, -0.05) is 42.1 Å². The molecule has 0 aliphatic heterocycles. The molecular weight excluding hydrogens is 339 g/mol. The van der Waals surface area contributed by atoms with Gasteiger partial charge in [0.25, 0.3) is 0 Å². The van der Waals surface area contributed by atoms with Gasteiger partial charge in [-0.15, -0.1) is 10.2 Å². The first-order valence-corrected chi connectivity index (χ1v) is 8.65. The van der Waals surface area contributed by atoms with E-state index in [1.165, 1.54) is 23.9 Å². The fraction of sp³-hybridized carbons (Fsp3) is 0.167. The normalized spacial score (nSPS) is 11.9. The number of benzene rings is 2. The minimum absolute atomic E-state index is 0.114. The number of halogens is 1. The third-order valence-corrected chi connectivity index (χ3v) is 4.64. The molecule has 1 atom stereocenters. The van der Waals surface area contributed by atoms with E-state index in [-0.39, 0.29) is 17.0 Å². The van der Waals surface area contributed by atoms with Gasteiger partial charge in [-0.2, -0.15) is 0 Å². The lowest BCUT2D eigenvalue weighted by Gasteiger charge is -2.12. The first-order valence-electron chi connectivity index (χ1n) is 7.78. The van der Waals surface area contributed by atoms with Crippen molar-refractivity contribution in [1.82, 2.24) is 20.1 Å². The Morgan fingerprint density at radius 1 is 1.20 bits per heavy atom. The average molecular weight is 356 g/mol. The fourth-order valence-electron chi connectivity index (χ4n) is 2.22. The Morgan fingerprint density at radius 2 is 1.92 bits per heavy atom. The predicted octanol–water partition coefficient (Wildman–Crippen LogP) is 3.20. The minimum atomic E-state index is -0.341. The number of aromatic nitrogens is 3. The van der Waals surface area contributed by atoms with Gasteiger partial charge in [-0.05, 0) is 36.8 Å². The number of rotatable bonds is 6. The van der Waals surface area contributed by atoms with E-state index in [9.17, 15) is 9.18 Å². The molecule has 0 saturated heterocycles. The number of nitrogens with one attached hydrogen (secondary N) is 1. The van der Waals surface area contributed by atoms with Crippen LogP contribution in [0.2, 0.25) is 0 Å². The number of para-hydroxylation sites is 1. The van der Waals surface area contributed by atoms with E-state index < -0.39 is 0 Å². The Morgan fingerprint density at radius 3 is 2.64 bits per heavy atom. The molecule has 1 aromatic heterocycles. The summed E-state index contributed by atoms with van der Waals surface area (Å²) in [6.45, 7) is 2.17. The fourth-order valence-corrected chi connectivity index (χ4v) is 3.08. The predicted molar refractivity (Wildman–Crippen MR) is 94.9 cm³/mol. The van der Waals surface area contributed by atoms with Crippen molar-refractivity contribution in [2.45, 2.75) is 23.9 Å². The molecular formula is C18H17FN4OS. The van der Waals surface area contributed by atoms with Crippen molar-refractivity contribution in [2.75, 3.05) is 0 Å². The van der Waals surface area contributed by atoms with E-state index in [0.29, 0.717) is 11.7 Å². The summed E-state index contributed by atoms with van der Waals surface area (Å²) in [6, 6.07) is 15.8. The van der Waals surface area contributed by atoms with Gasteiger partial charge in [0, 0.05) is 12.2 Å². The summed E-state index contributed by atoms with van der Waals surface area (Å²) in [7, 11) is 0. The largest absolute Gasteiger partial charge is 0.351 e. The second-order valence-corrected chi connectivity index (χ2v) is 6.73. The number of hydrogen-bond donors (Lipinski definition) is 1. The van der Waals surface area contributed by atoms with E-state index >= 15 is 0 Å². The summed E-state index contributed by atoms with van der Waals surface area (Å²) < 4.78 is 14.7. The molecule has 0 saturated carbocycles. The molecule has 0 fully saturated rings. The molecule has 7 heteroatoms. The van der Waals surface area contributed by atoms with Gasteiger partial charge < -0.3 is 5.32 Å². The first-order chi connectivity index (χ1) is 12.1. The summed E-state index contributed by atoms with van der Waals surface area (Å²) in [5.41, 5.74) is 1.79. The van der Waals surface area contributed by atoms with Crippen molar-refractivity contribution in [3.05, 3.63) is 72.3 Å². The molecule has 3 aromatic rings. The van der Waals surface area contributed by atoms with Crippen molar-refractivity contribution < 1.29 is 9.18 Å². The maximum atomic E-state index is 12.9. The number of amides is 1. The zero-order valence-electron chi connectivity index (χ0n) is 13.6. The zero-order chi connectivity index (χ0) is 17.6. The van der Waals surface area contributed by atoms with Crippen molar-refractivity contribution in [2.24, 2.45) is 0 Å². The standard InChI is InChI=1S/C18H17FN4OS/c1-13(17(24)20-11-14-7-9-15(19)10-8-14)25-18-22-21-12-23(18)16-5-3-2-4-6-16/h2-10,12-13H,11H2,1H3,(H,20,24). The Labute approximate surface area is 149 Å². The average Bonchev–Trinajstić information content (AvgIpc) is 3.09. The first kappa shape index (κ1) is 17.2. The topological polar surface area (TPSA) is 59.8 Å². The number of nitrogens with zero attached hydrogens (tertiary/aromatic N) is 3. The number of carbonyl (C=O) groups is 1. The molecule has 1 amide bonds. The molecule has 0 bridgehead atoms. The highest BCUT2D eigenvalue weighted by Crippen LogP contribution is 2.23. The van der Waals surface area contributed by atoms with Crippen LogP contribution < -0.4 is 5.32 Å². The van der Waals surface area contributed by atoms with Crippen LogP contribution in [-0.2, 0) is 11.3 Å². The third-order valence-electron chi connectivity index (χ3n) is 3.58. The van der Waals surface area contributed by atoms with Gasteiger partial charge in [-0.25, -0.2) is 4.39 Å². The summed E-state index contributed by atoms with van der Waals surface area (Å²) in [5.74, 6) is -0.406. The maximum Gasteiger partial charge on any atom is 0.233 e. The van der Waals surface area contributed by atoms with Crippen LogP contribution >= 0.6 is 11.8 Å². The Bertz CT molecular complexity index is 836. The summed E-state index contributed by atoms with van der Waals surface area (Å²) in [5, 5.41) is 11.2. The van der Waals surface area contributed by atoms with Crippen molar-refractivity contribution >= 4 is 17.7 Å². The van der Waals surface area contributed by atoms with Crippen molar-refractivity contribution in [1.29, 1.82) is 0 Å². The summed E-state index contributed by atoms with van der Waals surface area (Å²) in [4.78, 5) is 12.3. The highest BCUT2D eigenvalue weighted by Gasteiger charge is 2.18. The maximum absolute atomic E-state index is 12.9. The van der Waals surface area contributed by atoms with Crippen LogP contribution in [0.3, 0.4) is 0 Å². The van der Waals surface area contributed by atoms with E-state index in [2.05, 4.69) is 15.5 Å². The minimum Gasteiger partial charge on any atom is -0.351 e. The second-order valence-electron chi connectivity index (χ2n) is 5.42. The summed E-state index contributed by atoms with van der Waals surface area (Å²) in [6.07, 6.45) is 1.63. The zero-order valence-corrected chi connectivity index (χ0v) is 14.4. The van der Waals surface area contributed by atoms with Crippen LogP contribution in [0, 0.1) is 5.82 Å². The van der Waals surface area contributed by atoms with E-state index in [0.717, 1.165) is 11.3 Å². The second kappa shape index (κ2) is 7.94. The lowest BCUT2D eigenvalue weighted by molar-refractivity contribution is -0.120. The highest BCUT2D eigenvalue weighted by atomic mass is 32.2. The van der Waals surface area contributed by atoms with Crippen molar-refractivity contribution in [3.8, 4) is 5.69 Å². The molecule has 128 valence electrons. The smallest absolute Gasteiger partial charge is 0.233 e. The SMILES string of the molecule is CC(Sc1nncn1-c1ccccc1)C(=O)NCc1ccc(F)cc1. The van der Waals surface area contributed by atoms with Gasteiger partial charge >= 0.3 is 0 Å². The lowest BCUT2D eigenvalue weighted by Crippen LogP contribution is -2.30. The molecule has 5 nitrogen and oxygen atoms in total. The summed E-state index contributed by atoms with van der Waals surface area (Å²) >= 11 is 1.33. The van der Waals surface area contributed by atoms with Gasteiger partial charge in [0.05, 0.1) is 5.25 Å². The van der Waals surface area contributed by atoms with Gasteiger partial charge in [0.2, 0.25) is 5.91 Å². The highest BCUT2D eigenvalue weighted by molar-refractivity contribution is 8.00. The third kappa shape index (κ3) is 4.45. The van der Waals surface area contributed by atoms with Gasteiger partial charge in [0.1, 0.15) is 12.1 Å². The molecule has 0 aliphatic rings. The molecule has 0 spiro atoms. The van der Waals surface area contributed by atoms with Crippen molar-refractivity contribution in [3.63, 3.8) is 0 Å². The molecule has 0 radical (unpaired) electrons. The molecule has 25 heavy (non-hydrogen) atoms. The van der Waals surface area contributed by atoms with Gasteiger partial charge in [-0.3, -0.25) is 9.36 Å². The van der Waals surface area contributed by atoms with Gasteiger partial charge in [0.15, 0.2) is 5.16 Å². The van der Waals surface area contributed by atoms with Crippen LogP contribution in [0.5, 0.6) is 0 Å². The Balaban J connectivity index is 1.60. The molecule has 2 aromatic carbocycles. The Kier molecular flexibility index (Phi) is 5.45.